The molecule has 3 rings (SSSR count). The molecule has 0 unspecified atom stereocenters. The number of ether oxygens (including phenoxy) is 1. The van der Waals surface area contributed by atoms with Crippen LogP contribution in [0.5, 0.6) is 5.75 Å². The molecular weight excluding hydrogens is 250 g/mol. The minimum absolute atomic E-state index is 0.525. The summed E-state index contributed by atoms with van der Waals surface area (Å²) < 4.78 is 7.40. The lowest BCUT2D eigenvalue weighted by Crippen LogP contribution is -2.05. The predicted molar refractivity (Wildman–Crippen MR) is 81.0 cm³/mol. The van der Waals surface area contributed by atoms with Gasteiger partial charge < -0.3 is 15.0 Å². The lowest BCUT2D eigenvalue weighted by atomic mass is 10.2. The first kappa shape index (κ1) is 12.5. The summed E-state index contributed by atoms with van der Waals surface area (Å²) in [4.78, 5) is 4.43. The van der Waals surface area contributed by atoms with Gasteiger partial charge in [0.05, 0.1) is 24.7 Å². The molecule has 102 valence electrons. The fourth-order valence-corrected chi connectivity index (χ4v) is 2.43. The van der Waals surface area contributed by atoms with Gasteiger partial charge in [0, 0.05) is 5.56 Å². The van der Waals surface area contributed by atoms with Gasteiger partial charge in [-0.15, -0.1) is 0 Å². The normalized spacial score (nSPS) is 10.9. The van der Waals surface area contributed by atoms with Gasteiger partial charge in [-0.2, -0.15) is 0 Å². The number of benzene rings is 2. The highest BCUT2D eigenvalue weighted by Crippen LogP contribution is 2.24. The fourth-order valence-electron chi connectivity index (χ4n) is 2.43. The Bertz CT molecular complexity index is 762. The van der Waals surface area contributed by atoms with Gasteiger partial charge in [0.15, 0.2) is 0 Å². The van der Waals surface area contributed by atoms with Crippen LogP contribution >= 0.6 is 0 Å². The quantitative estimate of drug-likeness (QED) is 0.793. The maximum atomic E-state index is 6.05. The zero-order valence-electron chi connectivity index (χ0n) is 11.6. The molecule has 4 nitrogen and oxygen atoms in total. The highest BCUT2D eigenvalue weighted by Gasteiger charge is 2.10. The zero-order chi connectivity index (χ0) is 14.1. The molecule has 0 saturated heterocycles. The second-order valence-corrected chi connectivity index (χ2v) is 4.86. The smallest absolute Gasteiger partial charge is 0.201 e. The number of imidazole rings is 1. The van der Waals surface area contributed by atoms with Crippen molar-refractivity contribution in [1.82, 2.24) is 9.55 Å². The number of fused-ring (bicyclic) bond motifs is 1. The summed E-state index contributed by atoms with van der Waals surface area (Å²) in [6, 6.07) is 14.1. The van der Waals surface area contributed by atoms with Crippen molar-refractivity contribution < 1.29 is 4.74 Å². The number of rotatable bonds is 3. The van der Waals surface area contributed by atoms with Crippen molar-refractivity contribution >= 4 is 17.0 Å². The van der Waals surface area contributed by atoms with E-state index in [0.717, 1.165) is 22.3 Å². The molecule has 0 aliphatic carbocycles. The summed E-state index contributed by atoms with van der Waals surface area (Å²) in [6.45, 7) is 2.70. The Morgan fingerprint density at radius 1 is 1.20 bits per heavy atom. The van der Waals surface area contributed by atoms with Crippen LogP contribution in [0.3, 0.4) is 0 Å². The SMILES string of the molecule is COc1ccccc1Cn1c(N)nc2cc(C)ccc21. The van der Waals surface area contributed by atoms with E-state index in [4.69, 9.17) is 10.5 Å². The summed E-state index contributed by atoms with van der Waals surface area (Å²) in [7, 11) is 1.68. The first-order valence-corrected chi connectivity index (χ1v) is 6.53. The van der Waals surface area contributed by atoms with E-state index in [0.29, 0.717) is 12.5 Å². The number of para-hydroxylation sites is 1. The molecular formula is C16H17N3O. The van der Waals surface area contributed by atoms with Crippen LogP contribution in [-0.4, -0.2) is 16.7 Å². The van der Waals surface area contributed by atoms with Crippen LogP contribution in [0.2, 0.25) is 0 Å². The number of methoxy groups -OCH3 is 1. The average Bonchev–Trinajstić information content (AvgIpc) is 2.75. The van der Waals surface area contributed by atoms with Crippen LogP contribution in [0.4, 0.5) is 5.95 Å². The second kappa shape index (κ2) is 4.89. The molecule has 4 heteroatoms. The second-order valence-electron chi connectivity index (χ2n) is 4.86. The maximum absolute atomic E-state index is 6.05. The van der Waals surface area contributed by atoms with E-state index in [2.05, 4.69) is 24.0 Å². The summed E-state index contributed by atoms with van der Waals surface area (Å²) in [6.07, 6.45) is 0. The molecule has 0 radical (unpaired) electrons. The van der Waals surface area contributed by atoms with E-state index in [1.807, 2.05) is 34.9 Å². The molecule has 1 aromatic heterocycles. The molecule has 0 bridgehead atoms. The number of hydrogen-bond donors (Lipinski definition) is 1. The van der Waals surface area contributed by atoms with E-state index in [9.17, 15) is 0 Å². The third-order valence-corrected chi connectivity index (χ3v) is 3.45. The molecule has 0 aliphatic rings. The molecule has 2 aromatic carbocycles. The Kier molecular flexibility index (Phi) is 3.06. The number of aryl methyl sites for hydroxylation is 1. The molecule has 0 spiro atoms. The van der Waals surface area contributed by atoms with Crippen LogP contribution in [0.25, 0.3) is 11.0 Å². The number of nitrogens with zero attached hydrogens (tertiary/aromatic N) is 2. The van der Waals surface area contributed by atoms with E-state index in [1.54, 1.807) is 7.11 Å². The summed E-state index contributed by atoms with van der Waals surface area (Å²) in [5.74, 6) is 1.39. The molecule has 0 saturated carbocycles. The van der Waals surface area contributed by atoms with Gasteiger partial charge in [0.2, 0.25) is 5.95 Å². The molecule has 3 aromatic rings. The van der Waals surface area contributed by atoms with Gasteiger partial charge in [0.25, 0.3) is 0 Å². The highest BCUT2D eigenvalue weighted by atomic mass is 16.5. The Balaban J connectivity index is 2.08. The predicted octanol–water partition coefficient (Wildman–Crippen LogP) is 2.98. The monoisotopic (exact) mass is 267 g/mol. The minimum Gasteiger partial charge on any atom is -0.496 e. The number of aromatic nitrogens is 2. The standard InChI is InChI=1S/C16H17N3O/c1-11-7-8-14-13(9-11)18-16(17)19(14)10-12-5-3-4-6-15(12)20-2/h3-9H,10H2,1-2H3,(H2,17,18). The largest absolute Gasteiger partial charge is 0.496 e. The van der Waals surface area contributed by atoms with E-state index in [1.165, 1.54) is 5.56 Å². The number of nitrogen functional groups attached to an aromatic ring is 1. The lowest BCUT2D eigenvalue weighted by Gasteiger charge is -2.10. The van der Waals surface area contributed by atoms with E-state index < -0.39 is 0 Å². The van der Waals surface area contributed by atoms with Gasteiger partial charge in [-0.05, 0) is 30.7 Å². The van der Waals surface area contributed by atoms with E-state index in [-0.39, 0.29) is 0 Å². The van der Waals surface area contributed by atoms with Crippen molar-refractivity contribution in [1.29, 1.82) is 0 Å². The third-order valence-electron chi connectivity index (χ3n) is 3.45. The number of hydrogen-bond acceptors (Lipinski definition) is 3. The van der Waals surface area contributed by atoms with Crippen LogP contribution in [0.15, 0.2) is 42.5 Å². The lowest BCUT2D eigenvalue weighted by molar-refractivity contribution is 0.408. The van der Waals surface area contributed by atoms with E-state index >= 15 is 0 Å². The van der Waals surface area contributed by atoms with Gasteiger partial charge in [0.1, 0.15) is 5.75 Å². The molecule has 0 fully saturated rings. The van der Waals surface area contributed by atoms with Crippen molar-refractivity contribution in [3.05, 3.63) is 53.6 Å². The van der Waals surface area contributed by atoms with Crippen molar-refractivity contribution in [2.75, 3.05) is 12.8 Å². The zero-order valence-corrected chi connectivity index (χ0v) is 11.6. The van der Waals surface area contributed by atoms with Crippen molar-refractivity contribution in [2.24, 2.45) is 0 Å². The summed E-state index contributed by atoms with van der Waals surface area (Å²) in [5, 5.41) is 0. The maximum Gasteiger partial charge on any atom is 0.201 e. The Morgan fingerprint density at radius 2 is 2.00 bits per heavy atom. The Labute approximate surface area is 117 Å². The number of anilines is 1. The molecule has 2 N–H and O–H groups in total. The first-order valence-electron chi connectivity index (χ1n) is 6.53. The van der Waals surface area contributed by atoms with Crippen molar-refractivity contribution in [2.45, 2.75) is 13.5 Å². The Morgan fingerprint density at radius 3 is 2.80 bits per heavy atom. The van der Waals surface area contributed by atoms with Crippen LogP contribution in [-0.2, 0) is 6.54 Å². The van der Waals surface area contributed by atoms with Crippen molar-refractivity contribution in [3.8, 4) is 5.75 Å². The summed E-state index contributed by atoms with van der Waals surface area (Å²) in [5.41, 5.74) is 10.3. The Hall–Kier alpha value is -2.49. The van der Waals surface area contributed by atoms with Crippen LogP contribution < -0.4 is 10.5 Å². The topological polar surface area (TPSA) is 53.1 Å². The minimum atomic E-state index is 0.525. The summed E-state index contributed by atoms with van der Waals surface area (Å²) >= 11 is 0. The highest BCUT2D eigenvalue weighted by molar-refractivity contribution is 5.79. The number of nitrogens with two attached hydrogens (primary N) is 1. The molecule has 20 heavy (non-hydrogen) atoms. The van der Waals surface area contributed by atoms with Gasteiger partial charge in [-0.25, -0.2) is 4.98 Å². The average molecular weight is 267 g/mol. The van der Waals surface area contributed by atoms with Crippen LogP contribution in [0.1, 0.15) is 11.1 Å². The molecule has 0 amide bonds. The van der Waals surface area contributed by atoms with Gasteiger partial charge in [-0.3, -0.25) is 0 Å². The third kappa shape index (κ3) is 2.09. The van der Waals surface area contributed by atoms with Gasteiger partial charge in [-0.1, -0.05) is 24.3 Å². The van der Waals surface area contributed by atoms with Gasteiger partial charge >= 0.3 is 0 Å². The van der Waals surface area contributed by atoms with Crippen molar-refractivity contribution in [3.63, 3.8) is 0 Å². The molecule has 0 aliphatic heterocycles. The van der Waals surface area contributed by atoms with Crippen LogP contribution in [0, 0.1) is 6.92 Å². The molecule has 0 atom stereocenters. The molecule has 1 heterocycles. The fraction of sp³-hybridized carbons (Fsp3) is 0.188. The first-order chi connectivity index (χ1) is 9.69.